The summed E-state index contributed by atoms with van der Waals surface area (Å²) in [5, 5.41) is 0. The number of rotatable bonds is 3. The largest absolute Gasteiger partial charge is 0.465 e. The molecule has 4 nitrogen and oxygen atoms in total. The normalized spacial score (nSPS) is 12.3. The van der Waals surface area contributed by atoms with E-state index in [1.165, 1.54) is 0 Å². The second-order valence-corrected chi connectivity index (χ2v) is 6.07. The average molecular weight is 296 g/mol. The second kappa shape index (κ2) is 5.20. The van der Waals surface area contributed by atoms with E-state index in [2.05, 4.69) is 4.74 Å². The minimum absolute atomic E-state index is 0.194. The molecule has 0 heterocycles. The van der Waals surface area contributed by atoms with Crippen LogP contribution in [0.25, 0.3) is 0 Å². The molecule has 0 saturated carbocycles. The Morgan fingerprint density at radius 2 is 1.89 bits per heavy atom. The zero-order chi connectivity index (χ0) is 14.8. The van der Waals surface area contributed by atoms with Crippen molar-refractivity contribution in [3.05, 3.63) is 34.9 Å². The van der Waals surface area contributed by atoms with Gasteiger partial charge in [-0.1, -0.05) is 0 Å². The summed E-state index contributed by atoms with van der Waals surface area (Å²) in [6, 6.07) is 2.26. The predicted molar refractivity (Wildman–Crippen MR) is 61.3 cm³/mol. The number of benzene rings is 1. The second-order valence-electron chi connectivity index (χ2n) is 3.93. The van der Waals surface area contributed by atoms with E-state index in [0.29, 0.717) is 12.1 Å². The van der Waals surface area contributed by atoms with E-state index in [4.69, 9.17) is 0 Å². The minimum Gasteiger partial charge on any atom is -0.465 e. The van der Waals surface area contributed by atoms with Gasteiger partial charge in [0.05, 0.1) is 24.0 Å². The standard InChI is InChI=1S/C11H11F3O4S/c1-18-10(15)9-4-3-8(11(12,13)14)5-7(9)6-19(2,16)17/h3-5H,6H2,1-2H3. The summed E-state index contributed by atoms with van der Waals surface area (Å²) < 4.78 is 64.4. The lowest BCUT2D eigenvalue weighted by molar-refractivity contribution is -0.137. The maximum atomic E-state index is 12.5. The fourth-order valence-electron chi connectivity index (χ4n) is 1.48. The number of carbonyl (C=O) groups excluding carboxylic acids is 1. The summed E-state index contributed by atoms with van der Waals surface area (Å²) in [7, 11) is -2.52. The maximum absolute atomic E-state index is 12.5. The Balaban J connectivity index is 3.38. The molecule has 0 N–H and O–H groups in total. The molecule has 0 atom stereocenters. The highest BCUT2D eigenvalue weighted by Gasteiger charge is 2.32. The van der Waals surface area contributed by atoms with Crippen LogP contribution in [0.5, 0.6) is 0 Å². The molecule has 8 heteroatoms. The van der Waals surface area contributed by atoms with Crippen LogP contribution >= 0.6 is 0 Å². The Labute approximate surface area is 108 Å². The van der Waals surface area contributed by atoms with Crippen LogP contribution in [0.3, 0.4) is 0 Å². The van der Waals surface area contributed by atoms with Gasteiger partial charge in [-0.25, -0.2) is 13.2 Å². The quantitative estimate of drug-likeness (QED) is 0.801. The first-order valence-electron chi connectivity index (χ1n) is 5.01. The number of halogens is 3. The molecule has 19 heavy (non-hydrogen) atoms. The Kier molecular flexibility index (Phi) is 4.24. The summed E-state index contributed by atoms with van der Waals surface area (Å²) in [5.41, 5.74) is -1.44. The van der Waals surface area contributed by atoms with E-state index in [9.17, 15) is 26.4 Å². The number of hydrogen-bond acceptors (Lipinski definition) is 4. The molecular formula is C11H11F3O4S. The maximum Gasteiger partial charge on any atom is 0.416 e. The highest BCUT2D eigenvalue weighted by molar-refractivity contribution is 7.89. The highest BCUT2D eigenvalue weighted by Crippen LogP contribution is 2.31. The Bertz CT molecular complexity index is 590. The van der Waals surface area contributed by atoms with Gasteiger partial charge < -0.3 is 4.74 Å². The van der Waals surface area contributed by atoms with Crippen LogP contribution in [-0.4, -0.2) is 27.8 Å². The van der Waals surface area contributed by atoms with Gasteiger partial charge in [-0.3, -0.25) is 0 Å². The number of esters is 1. The summed E-state index contributed by atoms with van der Waals surface area (Å²) in [5.74, 6) is -1.55. The third kappa shape index (κ3) is 4.23. The number of hydrogen-bond donors (Lipinski definition) is 0. The molecule has 0 spiro atoms. The average Bonchev–Trinajstić information content (AvgIpc) is 2.24. The fourth-order valence-corrected chi connectivity index (χ4v) is 2.28. The number of carbonyl (C=O) groups is 1. The molecule has 0 amide bonds. The van der Waals surface area contributed by atoms with Crippen molar-refractivity contribution in [3.63, 3.8) is 0 Å². The monoisotopic (exact) mass is 296 g/mol. The van der Waals surface area contributed by atoms with Gasteiger partial charge in [0.15, 0.2) is 9.84 Å². The SMILES string of the molecule is COC(=O)c1ccc(C(F)(F)F)cc1CS(C)(=O)=O. The number of methoxy groups -OCH3 is 1. The van der Waals surface area contributed by atoms with Gasteiger partial charge in [0.1, 0.15) is 0 Å². The zero-order valence-electron chi connectivity index (χ0n) is 10.1. The fraction of sp³-hybridized carbons (Fsp3) is 0.364. The Hall–Kier alpha value is -1.57. The summed E-state index contributed by atoms with van der Waals surface area (Å²) in [6.07, 6.45) is -3.74. The van der Waals surface area contributed by atoms with Crippen LogP contribution in [0.15, 0.2) is 18.2 Å². The van der Waals surface area contributed by atoms with E-state index < -0.39 is 33.3 Å². The molecule has 1 aromatic carbocycles. The van der Waals surface area contributed by atoms with Crippen LogP contribution in [0.2, 0.25) is 0 Å². The van der Waals surface area contributed by atoms with Crippen molar-refractivity contribution in [2.24, 2.45) is 0 Å². The van der Waals surface area contributed by atoms with Gasteiger partial charge in [0.25, 0.3) is 0 Å². The highest BCUT2D eigenvalue weighted by atomic mass is 32.2. The predicted octanol–water partition coefficient (Wildman–Crippen LogP) is 2.04. The third-order valence-electron chi connectivity index (χ3n) is 2.26. The molecule has 0 aliphatic carbocycles. The molecule has 0 unspecified atom stereocenters. The molecule has 0 fully saturated rings. The van der Waals surface area contributed by atoms with Gasteiger partial charge in [0, 0.05) is 6.26 Å². The molecule has 106 valence electrons. The number of alkyl halides is 3. The zero-order valence-corrected chi connectivity index (χ0v) is 10.9. The lowest BCUT2D eigenvalue weighted by Gasteiger charge is -2.11. The van der Waals surface area contributed by atoms with Crippen LogP contribution in [0.4, 0.5) is 13.2 Å². The molecule has 0 aliphatic rings. The van der Waals surface area contributed by atoms with Crippen LogP contribution in [0.1, 0.15) is 21.5 Å². The summed E-state index contributed by atoms with van der Waals surface area (Å²) in [6.45, 7) is 0. The topological polar surface area (TPSA) is 60.4 Å². The van der Waals surface area contributed by atoms with Gasteiger partial charge in [-0.2, -0.15) is 13.2 Å². The first-order chi connectivity index (χ1) is 8.54. The summed E-state index contributed by atoms with van der Waals surface area (Å²) >= 11 is 0. The Morgan fingerprint density at radius 1 is 1.32 bits per heavy atom. The van der Waals surface area contributed by atoms with Gasteiger partial charge in [-0.05, 0) is 23.8 Å². The van der Waals surface area contributed by atoms with Crippen molar-refractivity contribution in [2.75, 3.05) is 13.4 Å². The van der Waals surface area contributed by atoms with Gasteiger partial charge in [0.2, 0.25) is 0 Å². The Morgan fingerprint density at radius 3 is 2.32 bits per heavy atom. The molecule has 1 rings (SSSR count). The van der Waals surface area contributed by atoms with E-state index in [-0.39, 0.29) is 11.1 Å². The molecule has 1 aromatic rings. The first kappa shape index (κ1) is 15.5. The van der Waals surface area contributed by atoms with Crippen molar-refractivity contribution in [1.29, 1.82) is 0 Å². The van der Waals surface area contributed by atoms with Gasteiger partial charge in [-0.15, -0.1) is 0 Å². The van der Waals surface area contributed by atoms with Crippen molar-refractivity contribution in [3.8, 4) is 0 Å². The lowest BCUT2D eigenvalue weighted by atomic mass is 10.0. The molecule has 0 bridgehead atoms. The molecule has 0 saturated heterocycles. The van der Waals surface area contributed by atoms with Gasteiger partial charge >= 0.3 is 12.1 Å². The van der Waals surface area contributed by atoms with E-state index >= 15 is 0 Å². The molecular weight excluding hydrogens is 285 g/mol. The number of ether oxygens (including phenoxy) is 1. The van der Waals surface area contributed by atoms with Crippen molar-refractivity contribution in [1.82, 2.24) is 0 Å². The smallest absolute Gasteiger partial charge is 0.416 e. The minimum atomic E-state index is -4.61. The van der Waals surface area contributed by atoms with Crippen LogP contribution in [-0.2, 0) is 26.5 Å². The lowest BCUT2D eigenvalue weighted by Crippen LogP contribution is -2.13. The van der Waals surface area contributed by atoms with E-state index in [0.717, 1.165) is 19.4 Å². The molecule has 0 radical (unpaired) electrons. The van der Waals surface area contributed by atoms with Crippen molar-refractivity contribution >= 4 is 15.8 Å². The van der Waals surface area contributed by atoms with Crippen LogP contribution in [0, 0.1) is 0 Å². The van der Waals surface area contributed by atoms with Crippen molar-refractivity contribution in [2.45, 2.75) is 11.9 Å². The summed E-state index contributed by atoms with van der Waals surface area (Å²) in [4.78, 5) is 11.4. The third-order valence-corrected chi connectivity index (χ3v) is 3.09. The van der Waals surface area contributed by atoms with Crippen molar-refractivity contribution < 1.29 is 31.1 Å². The molecule has 0 aliphatic heterocycles. The number of sulfone groups is 1. The van der Waals surface area contributed by atoms with E-state index in [1.54, 1.807) is 0 Å². The van der Waals surface area contributed by atoms with Crippen LogP contribution < -0.4 is 0 Å². The van der Waals surface area contributed by atoms with E-state index in [1.807, 2.05) is 0 Å². The first-order valence-corrected chi connectivity index (χ1v) is 7.07. The molecule has 0 aromatic heterocycles.